The van der Waals surface area contributed by atoms with E-state index in [0.29, 0.717) is 0 Å². The molecule has 2 nitrogen and oxygen atoms in total. The van der Waals surface area contributed by atoms with Crippen LogP contribution in [0.1, 0.15) is 0 Å². The monoisotopic (exact) mass is 642 g/mol. The van der Waals surface area contributed by atoms with E-state index in [1.54, 1.807) is 0 Å². The summed E-state index contributed by atoms with van der Waals surface area (Å²) in [5.74, 6) is 0.948. The van der Waals surface area contributed by atoms with Gasteiger partial charge >= 0.3 is 0 Å². The Morgan fingerprint density at radius 2 is 0.804 bits per heavy atom. The van der Waals surface area contributed by atoms with Crippen molar-refractivity contribution in [3.05, 3.63) is 97.1 Å². The lowest BCUT2D eigenvalue weighted by Crippen LogP contribution is -2.55. The standard InChI is InChI=1S/C39H36B10N2/c40-29-27(30(41)34(45)37(48)33(29)44)25-19-10-4-5-11-20(19)26(28-31(42)35(46)38(49)36(47)32(28)43)22-16-17(14-15-21(22)25)39-50-23-12-6-7-13-24(23)51(39)18-8-2-1-3-9-18/h1-16H,40-49H2. The van der Waals surface area contributed by atoms with Gasteiger partial charge in [-0.1, -0.05) is 88.6 Å². The van der Waals surface area contributed by atoms with Gasteiger partial charge in [-0.05, 0) is 74.1 Å². The zero-order chi connectivity index (χ0) is 35.9. The minimum absolute atomic E-state index is 0.948. The number of nitrogens with zero attached hydrogens (tertiary/aromatic N) is 2. The molecule has 232 valence electrons. The average Bonchev–Trinajstić information content (AvgIpc) is 3.55. The Hall–Kier alpha value is -4.82. The van der Waals surface area contributed by atoms with Crippen LogP contribution < -0.4 is 54.6 Å². The maximum atomic E-state index is 5.31. The van der Waals surface area contributed by atoms with Gasteiger partial charge in [-0.2, -0.15) is 0 Å². The lowest BCUT2D eigenvalue weighted by molar-refractivity contribution is 1.10. The Morgan fingerprint density at radius 1 is 0.373 bits per heavy atom. The molecule has 1 heterocycles. The lowest BCUT2D eigenvalue weighted by atomic mass is 9.58. The maximum absolute atomic E-state index is 5.31. The van der Waals surface area contributed by atoms with Gasteiger partial charge in [0.2, 0.25) is 0 Å². The maximum Gasteiger partial charge on any atom is 0.145 e. The van der Waals surface area contributed by atoms with Crippen molar-refractivity contribution in [1.82, 2.24) is 9.55 Å². The fourth-order valence-electron chi connectivity index (χ4n) is 8.66. The minimum atomic E-state index is 0.948. The Bertz CT molecular complexity index is 2700. The quantitative estimate of drug-likeness (QED) is 0.138. The minimum Gasteiger partial charge on any atom is -0.292 e. The van der Waals surface area contributed by atoms with E-state index in [1.807, 2.05) is 0 Å². The Kier molecular flexibility index (Phi) is 8.13. The van der Waals surface area contributed by atoms with Crippen molar-refractivity contribution in [3.63, 3.8) is 0 Å². The third-order valence-corrected chi connectivity index (χ3v) is 12.4. The second-order valence-electron chi connectivity index (χ2n) is 14.7. The third-order valence-electron chi connectivity index (χ3n) is 12.4. The SMILES string of the molecule is Bc1c(B)c(B)c(-c2c3ccccc3c(-c3c(B)c(B)c(B)c(B)c3B)c3cc(-c4nc5ccccc5n4-c4ccccc4)ccc23)c(B)c1B. The van der Waals surface area contributed by atoms with Crippen molar-refractivity contribution in [1.29, 1.82) is 0 Å². The summed E-state index contributed by atoms with van der Waals surface area (Å²) in [4.78, 5) is 5.31. The van der Waals surface area contributed by atoms with E-state index in [2.05, 4.69) is 180 Å². The highest BCUT2D eigenvalue weighted by Gasteiger charge is 2.25. The van der Waals surface area contributed by atoms with Crippen LogP contribution in [0.3, 0.4) is 0 Å². The number of rotatable bonds is 4. The van der Waals surface area contributed by atoms with Crippen LogP contribution in [0.5, 0.6) is 0 Å². The topological polar surface area (TPSA) is 17.8 Å². The first kappa shape index (κ1) is 33.3. The highest BCUT2D eigenvalue weighted by atomic mass is 15.1. The molecule has 51 heavy (non-hydrogen) atoms. The molecule has 0 bridgehead atoms. The zero-order valence-corrected chi connectivity index (χ0v) is 31.6. The van der Waals surface area contributed by atoms with E-state index in [-0.39, 0.29) is 0 Å². The molecule has 0 amide bonds. The van der Waals surface area contributed by atoms with E-state index in [1.165, 1.54) is 98.4 Å². The molecule has 0 aliphatic rings. The lowest BCUT2D eigenvalue weighted by Gasteiger charge is -2.27. The first-order chi connectivity index (χ1) is 24.5. The molecule has 0 aliphatic heterocycles. The van der Waals surface area contributed by atoms with Crippen molar-refractivity contribution in [2.45, 2.75) is 0 Å². The predicted molar refractivity (Wildman–Crippen MR) is 254 cm³/mol. The van der Waals surface area contributed by atoms with Crippen LogP contribution in [-0.4, -0.2) is 88.0 Å². The second-order valence-corrected chi connectivity index (χ2v) is 14.7. The molecule has 1 aromatic heterocycles. The summed E-state index contributed by atoms with van der Waals surface area (Å²) in [6, 6.07) is 35.3. The van der Waals surface area contributed by atoms with Gasteiger partial charge in [0, 0.05) is 11.3 Å². The molecule has 0 saturated heterocycles. The fraction of sp³-hybridized carbons (Fsp3) is 0. The van der Waals surface area contributed by atoms with Crippen molar-refractivity contribution in [2.75, 3.05) is 0 Å². The van der Waals surface area contributed by atoms with E-state index >= 15 is 0 Å². The Morgan fingerprint density at radius 3 is 1.35 bits per heavy atom. The van der Waals surface area contributed by atoms with E-state index in [0.717, 1.165) is 28.1 Å². The molecule has 8 rings (SSSR count). The highest BCUT2D eigenvalue weighted by Crippen LogP contribution is 2.43. The van der Waals surface area contributed by atoms with Gasteiger partial charge in [-0.15, -0.1) is 32.8 Å². The first-order valence-electron chi connectivity index (χ1n) is 18.2. The van der Waals surface area contributed by atoms with E-state index in [4.69, 9.17) is 4.98 Å². The molecule has 12 heteroatoms. The van der Waals surface area contributed by atoms with E-state index < -0.39 is 0 Å². The molecule has 0 aliphatic carbocycles. The highest BCUT2D eigenvalue weighted by molar-refractivity contribution is 6.70. The van der Waals surface area contributed by atoms with E-state index in [9.17, 15) is 0 Å². The van der Waals surface area contributed by atoms with Crippen LogP contribution in [0.15, 0.2) is 97.1 Å². The molecular weight excluding hydrogens is 605 g/mol. The van der Waals surface area contributed by atoms with Crippen LogP contribution >= 0.6 is 0 Å². The van der Waals surface area contributed by atoms with Gasteiger partial charge in [0.15, 0.2) is 0 Å². The van der Waals surface area contributed by atoms with Crippen molar-refractivity contribution in [3.8, 4) is 39.3 Å². The molecule has 8 aromatic rings. The number of aromatic nitrogens is 2. The summed E-state index contributed by atoms with van der Waals surface area (Å²) in [6.07, 6.45) is 0. The van der Waals surface area contributed by atoms with Gasteiger partial charge in [0.05, 0.1) is 11.0 Å². The molecule has 0 spiro atoms. The molecule has 0 saturated carbocycles. The number of hydrogen-bond acceptors (Lipinski definition) is 1. The number of hydrogen-bond donors (Lipinski definition) is 0. The van der Waals surface area contributed by atoms with Gasteiger partial charge in [0.25, 0.3) is 0 Å². The van der Waals surface area contributed by atoms with Crippen LogP contribution in [0.2, 0.25) is 0 Å². The van der Waals surface area contributed by atoms with Gasteiger partial charge in [0.1, 0.15) is 84.3 Å². The van der Waals surface area contributed by atoms with Gasteiger partial charge < -0.3 is 0 Å². The van der Waals surface area contributed by atoms with Crippen molar-refractivity contribution < 1.29 is 0 Å². The Labute approximate surface area is 310 Å². The molecule has 7 aromatic carbocycles. The number of imidazole rings is 1. The molecule has 0 fully saturated rings. The molecular formula is C39H36B10N2. The van der Waals surface area contributed by atoms with Crippen LogP contribution in [0.4, 0.5) is 0 Å². The molecule has 0 unspecified atom stereocenters. The van der Waals surface area contributed by atoms with Crippen molar-refractivity contribution in [2.24, 2.45) is 0 Å². The summed E-state index contributed by atoms with van der Waals surface area (Å²) >= 11 is 0. The zero-order valence-electron chi connectivity index (χ0n) is 31.6. The largest absolute Gasteiger partial charge is 0.292 e. The summed E-state index contributed by atoms with van der Waals surface area (Å²) in [5, 5.41) is 5.12. The van der Waals surface area contributed by atoms with Gasteiger partial charge in [-0.3, -0.25) is 4.57 Å². The van der Waals surface area contributed by atoms with Crippen LogP contribution in [-0.2, 0) is 0 Å². The Balaban J connectivity index is 1.59. The van der Waals surface area contributed by atoms with Gasteiger partial charge in [-0.25, -0.2) is 4.98 Å². The van der Waals surface area contributed by atoms with Crippen LogP contribution in [0.25, 0.3) is 71.9 Å². The predicted octanol–water partition coefficient (Wildman–Crippen LogP) is -7.08. The smallest absolute Gasteiger partial charge is 0.145 e. The summed E-state index contributed by atoms with van der Waals surface area (Å²) in [6.45, 7) is 0. The molecule has 0 atom stereocenters. The molecule has 0 N–H and O–H groups in total. The number of benzene rings is 7. The van der Waals surface area contributed by atoms with Crippen LogP contribution in [0, 0.1) is 0 Å². The summed E-state index contributed by atoms with van der Waals surface area (Å²) < 4.78 is 2.32. The normalized spacial score (nSPS) is 11.5. The molecule has 0 radical (unpaired) electrons. The summed E-state index contributed by atoms with van der Waals surface area (Å²) in [5.41, 5.74) is 23.3. The first-order valence-corrected chi connectivity index (χ1v) is 18.2. The third kappa shape index (κ3) is 4.97. The number of fused-ring (bicyclic) bond motifs is 3. The summed E-state index contributed by atoms with van der Waals surface area (Å²) in [7, 11) is 23.0. The number of para-hydroxylation sites is 3. The fourth-order valence-corrected chi connectivity index (χ4v) is 8.66. The second kappa shape index (κ2) is 12.4. The van der Waals surface area contributed by atoms with Crippen molar-refractivity contribution >= 4 is 166 Å². The average molecular weight is 641 g/mol.